The van der Waals surface area contributed by atoms with Gasteiger partial charge in [-0.05, 0) is 31.9 Å². The SMILES string of the molecule is CCOC[C@H]1CCS(=O)(=O)C12CN(S(=O)(=O)c1ccccc1C)C2. The lowest BCUT2D eigenvalue weighted by Crippen LogP contribution is -2.68. The molecule has 24 heavy (non-hydrogen) atoms. The molecule has 0 aromatic heterocycles. The third-order valence-electron chi connectivity index (χ3n) is 5.22. The van der Waals surface area contributed by atoms with Gasteiger partial charge in [-0.2, -0.15) is 4.31 Å². The van der Waals surface area contributed by atoms with Gasteiger partial charge in [-0.1, -0.05) is 18.2 Å². The summed E-state index contributed by atoms with van der Waals surface area (Å²) in [5, 5.41) is 0. The molecule has 134 valence electrons. The lowest BCUT2D eigenvalue weighted by atomic mass is 9.85. The van der Waals surface area contributed by atoms with Crippen molar-refractivity contribution in [3.05, 3.63) is 29.8 Å². The minimum atomic E-state index is -3.66. The summed E-state index contributed by atoms with van der Waals surface area (Å²) in [4.78, 5) is 0.247. The molecule has 0 amide bonds. The predicted molar refractivity (Wildman–Crippen MR) is 91.1 cm³/mol. The lowest BCUT2D eigenvalue weighted by Gasteiger charge is -2.48. The van der Waals surface area contributed by atoms with Gasteiger partial charge in [-0.15, -0.1) is 0 Å². The van der Waals surface area contributed by atoms with Gasteiger partial charge in [0.05, 0.1) is 17.3 Å². The number of ether oxygens (including phenoxy) is 1. The molecule has 1 aromatic rings. The first-order valence-corrected chi connectivity index (χ1v) is 11.2. The Balaban J connectivity index is 1.86. The van der Waals surface area contributed by atoms with Crippen LogP contribution in [-0.4, -0.2) is 57.9 Å². The Morgan fingerprint density at radius 1 is 1.29 bits per heavy atom. The zero-order valence-electron chi connectivity index (χ0n) is 13.9. The van der Waals surface area contributed by atoms with Gasteiger partial charge >= 0.3 is 0 Å². The molecule has 0 unspecified atom stereocenters. The number of rotatable bonds is 5. The van der Waals surface area contributed by atoms with E-state index in [1.807, 2.05) is 6.92 Å². The van der Waals surface area contributed by atoms with Crippen LogP contribution in [0.4, 0.5) is 0 Å². The third-order valence-corrected chi connectivity index (χ3v) is 9.78. The number of benzene rings is 1. The molecule has 8 heteroatoms. The molecule has 0 aliphatic carbocycles. The third kappa shape index (κ3) is 2.60. The minimum absolute atomic E-state index is 0.0315. The zero-order chi connectivity index (χ0) is 17.6. The first kappa shape index (κ1) is 17.8. The van der Waals surface area contributed by atoms with Crippen molar-refractivity contribution in [3.63, 3.8) is 0 Å². The van der Waals surface area contributed by atoms with Crippen molar-refractivity contribution in [1.82, 2.24) is 4.31 Å². The van der Waals surface area contributed by atoms with Gasteiger partial charge in [0.15, 0.2) is 9.84 Å². The predicted octanol–water partition coefficient (Wildman–Crippen LogP) is 1.21. The molecule has 0 saturated carbocycles. The van der Waals surface area contributed by atoms with E-state index >= 15 is 0 Å². The van der Waals surface area contributed by atoms with E-state index in [1.54, 1.807) is 31.2 Å². The quantitative estimate of drug-likeness (QED) is 0.775. The van der Waals surface area contributed by atoms with E-state index in [-0.39, 0.29) is 29.7 Å². The average molecular weight is 373 g/mol. The maximum Gasteiger partial charge on any atom is 0.243 e. The monoisotopic (exact) mass is 373 g/mol. The number of nitrogens with zero attached hydrogens (tertiary/aromatic N) is 1. The molecule has 0 bridgehead atoms. The number of hydrogen-bond donors (Lipinski definition) is 0. The van der Waals surface area contributed by atoms with E-state index in [9.17, 15) is 16.8 Å². The van der Waals surface area contributed by atoms with Crippen molar-refractivity contribution in [2.75, 3.05) is 32.1 Å². The van der Waals surface area contributed by atoms with Crippen LogP contribution in [0.1, 0.15) is 18.9 Å². The number of hydrogen-bond acceptors (Lipinski definition) is 5. The Morgan fingerprint density at radius 2 is 1.96 bits per heavy atom. The van der Waals surface area contributed by atoms with Crippen LogP contribution in [0.3, 0.4) is 0 Å². The van der Waals surface area contributed by atoms with Crippen LogP contribution in [0.15, 0.2) is 29.2 Å². The van der Waals surface area contributed by atoms with Crippen LogP contribution in [0.2, 0.25) is 0 Å². The molecular formula is C16H23NO5S2. The summed E-state index contributed by atoms with van der Waals surface area (Å²) in [6.45, 7) is 4.57. The van der Waals surface area contributed by atoms with Crippen molar-refractivity contribution < 1.29 is 21.6 Å². The largest absolute Gasteiger partial charge is 0.381 e. The molecule has 1 atom stereocenters. The second-order valence-corrected chi connectivity index (χ2v) is 10.9. The lowest BCUT2D eigenvalue weighted by molar-refractivity contribution is 0.0637. The summed E-state index contributed by atoms with van der Waals surface area (Å²) in [6.07, 6.45) is 0.542. The molecule has 2 fully saturated rings. The van der Waals surface area contributed by atoms with Gasteiger partial charge in [-0.25, -0.2) is 16.8 Å². The van der Waals surface area contributed by atoms with Crippen molar-refractivity contribution in [2.45, 2.75) is 29.9 Å². The Hall–Kier alpha value is -0.960. The summed E-state index contributed by atoms with van der Waals surface area (Å²) < 4.78 is 56.4. The first-order chi connectivity index (χ1) is 11.2. The normalized spacial score (nSPS) is 25.7. The summed E-state index contributed by atoms with van der Waals surface area (Å²) >= 11 is 0. The van der Waals surface area contributed by atoms with Gasteiger partial charge in [0.25, 0.3) is 0 Å². The fourth-order valence-electron chi connectivity index (χ4n) is 3.67. The van der Waals surface area contributed by atoms with E-state index in [0.29, 0.717) is 25.2 Å². The highest BCUT2D eigenvalue weighted by molar-refractivity contribution is 7.93. The highest BCUT2D eigenvalue weighted by atomic mass is 32.2. The van der Waals surface area contributed by atoms with E-state index in [1.165, 1.54) is 4.31 Å². The molecule has 3 rings (SSSR count). The minimum Gasteiger partial charge on any atom is -0.381 e. The van der Waals surface area contributed by atoms with Gasteiger partial charge < -0.3 is 4.74 Å². The van der Waals surface area contributed by atoms with E-state index < -0.39 is 24.6 Å². The molecule has 2 saturated heterocycles. The van der Waals surface area contributed by atoms with E-state index in [4.69, 9.17) is 4.74 Å². The van der Waals surface area contributed by atoms with E-state index in [0.717, 1.165) is 0 Å². The van der Waals surface area contributed by atoms with E-state index in [2.05, 4.69) is 0 Å². The number of aryl methyl sites for hydroxylation is 1. The second-order valence-electron chi connectivity index (χ2n) is 6.57. The molecule has 2 aliphatic heterocycles. The number of sulfonamides is 1. The fraction of sp³-hybridized carbons (Fsp3) is 0.625. The maximum absolute atomic E-state index is 12.8. The van der Waals surface area contributed by atoms with Gasteiger partial charge in [-0.3, -0.25) is 0 Å². The second kappa shape index (κ2) is 6.09. The Kier molecular flexibility index (Phi) is 4.53. The molecule has 6 nitrogen and oxygen atoms in total. The molecule has 2 aliphatic rings. The Labute approximate surface area is 143 Å². The van der Waals surface area contributed by atoms with Crippen molar-refractivity contribution >= 4 is 19.9 Å². The highest BCUT2D eigenvalue weighted by Crippen LogP contribution is 2.46. The van der Waals surface area contributed by atoms with Crippen LogP contribution < -0.4 is 0 Å². The van der Waals surface area contributed by atoms with Crippen molar-refractivity contribution in [1.29, 1.82) is 0 Å². The topological polar surface area (TPSA) is 80.8 Å². The van der Waals surface area contributed by atoms with Gasteiger partial charge in [0.1, 0.15) is 4.75 Å². The Bertz CT molecular complexity index is 826. The van der Waals surface area contributed by atoms with Crippen LogP contribution in [0.25, 0.3) is 0 Å². The molecule has 2 heterocycles. The van der Waals surface area contributed by atoms with Crippen LogP contribution in [0, 0.1) is 12.8 Å². The average Bonchev–Trinajstić information content (AvgIpc) is 2.74. The summed E-state index contributed by atoms with van der Waals surface area (Å²) in [5.41, 5.74) is 0.665. The molecular weight excluding hydrogens is 350 g/mol. The first-order valence-electron chi connectivity index (χ1n) is 8.10. The molecule has 0 N–H and O–H groups in total. The van der Waals surface area contributed by atoms with Gasteiger partial charge in [0.2, 0.25) is 10.0 Å². The van der Waals surface area contributed by atoms with Crippen LogP contribution >= 0.6 is 0 Å². The zero-order valence-corrected chi connectivity index (χ0v) is 15.6. The summed E-state index contributed by atoms with van der Waals surface area (Å²) in [5.74, 6) is -0.0195. The molecule has 0 radical (unpaired) electrons. The smallest absolute Gasteiger partial charge is 0.243 e. The number of sulfone groups is 1. The van der Waals surface area contributed by atoms with Crippen molar-refractivity contribution in [2.24, 2.45) is 5.92 Å². The van der Waals surface area contributed by atoms with Crippen LogP contribution in [0.5, 0.6) is 0 Å². The maximum atomic E-state index is 12.8. The summed E-state index contributed by atoms with van der Waals surface area (Å²) in [7, 11) is -6.96. The molecule has 1 spiro atoms. The fourth-order valence-corrected chi connectivity index (χ4v) is 8.04. The Morgan fingerprint density at radius 3 is 2.58 bits per heavy atom. The summed E-state index contributed by atoms with van der Waals surface area (Å²) in [6, 6.07) is 6.77. The standard InChI is InChI=1S/C16H23NO5S2/c1-3-22-10-14-8-9-23(18,19)16(14)11-17(12-16)24(20,21)15-7-5-4-6-13(15)2/h4-7,14H,3,8-12H2,1-2H3/t14-/m1/s1. The van der Waals surface area contributed by atoms with Gasteiger partial charge in [0, 0.05) is 25.6 Å². The highest BCUT2D eigenvalue weighted by Gasteiger charge is 2.63. The van der Waals surface area contributed by atoms with Crippen molar-refractivity contribution in [3.8, 4) is 0 Å². The van der Waals surface area contributed by atoms with Crippen LogP contribution in [-0.2, 0) is 24.6 Å². The molecule has 1 aromatic carbocycles.